The zero-order chi connectivity index (χ0) is 9.68. The number of hydrogen-bond acceptors (Lipinski definition) is 0. The summed E-state index contributed by atoms with van der Waals surface area (Å²) in [6.45, 7) is 0. The average molecular weight is 282 g/mol. The van der Waals surface area contributed by atoms with Crippen molar-refractivity contribution in [1.82, 2.24) is 0 Å². The molecule has 0 aromatic heterocycles. The molecule has 0 fully saturated rings. The van der Waals surface area contributed by atoms with Gasteiger partial charge >= 0.3 is 0 Å². The lowest BCUT2D eigenvalue weighted by atomic mass is 10.0. The highest BCUT2D eigenvalue weighted by atomic mass is 79.9. The van der Waals surface area contributed by atoms with Crippen LogP contribution in [0.2, 0.25) is 5.02 Å². The van der Waals surface area contributed by atoms with Gasteiger partial charge in [-0.05, 0) is 30.0 Å². The molecule has 0 amide bonds. The topological polar surface area (TPSA) is 0 Å². The Morgan fingerprint density at radius 2 is 2.08 bits per heavy atom. The highest BCUT2D eigenvalue weighted by Crippen LogP contribution is 2.23. The van der Waals surface area contributed by atoms with Crippen LogP contribution in [0, 0.1) is 0 Å². The maximum Gasteiger partial charge on any atom is 0.0477 e. The second-order valence-corrected chi connectivity index (χ2v) is 4.27. The lowest BCUT2D eigenvalue weighted by Gasteiger charge is -2.07. The van der Waals surface area contributed by atoms with Crippen LogP contribution in [-0.2, 0) is 12.3 Å². The molecule has 3 heteroatoms. The van der Waals surface area contributed by atoms with E-state index in [2.05, 4.69) is 15.9 Å². The van der Waals surface area contributed by atoms with E-state index in [1.807, 2.05) is 18.2 Å². The number of benzene rings is 1. The largest absolute Gasteiger partial charge is 0.122 e. The zero-order valence-electron chi connectivity index (χ0n) is 7.19. The van der Waals surface area contributed by atoms with Gasteiger partial charge in [0.25, 0.3) is 0 Å². The molecular weight excluding hydrogens is 271 g/mol. The van der Waals surface area contributed by atoms with E-state index in [0.29, 0.717) is 5.88 Å². The fourth-order valence-electron chi connectivity index (χ4n) is 1.25. The summed E-state index contributed by atoms with van der Waals surface area (Å²) in [7, 11) is 0. The quantitative estimate of drug-likeness (QED) is 0.718. The fraction of sp³-hybridized carbons (Fsp3) is 0.400. The van der Waals surface area contributed by atoms with Crippen molar-refractivity contribution < 1.29 is 0 Å². The average Bonchev–Trinajstić information content (AvgIpc) is 2.15. The van der Waals surface area contributed by atoms with Crippen molar-refractivity contribution in [2.45, 2.75) is 18.7 Å². The molecule has 0 N–H and O–H groups in total. The molecule has 0 saturated carbocycles. The fourth-order valence-corrected chi connectivity index (χ4v) is 2.07. The summed E-state index contributed by atoms with van der Waals surface area (Å²) in [5.41, 5.74) is 2.34. The van der Waals surface area contributed by atoms with Crippen LogP contribution < -0.4 is 0 Å². The van der Waals surface area contributed by atoms with Crippen LogP contribution in [0.1, 0.15) is 17.5 Å². The third-order valence-corrected chi connectivity index (χ3v) is 3.12. The first-order chi connectivity index (χ1) is 6.29. The maximum atomic E-state index is 6.07. The monoisotopic (exact) mass is 280 g/mol. The van der Waals surface area contributed by atoms with Crippen molar-refractivity contribution in [3.05, 3.63) is 34.3 Å². The van der Waals surface area contributed by atoms with Crippen LogP contribution in [0.3, 0.4) is 0 Å². The van der Waals surface area contributed by atoms with Gasteiger partial charge in [-0.3, -0.25) is 0 Å². The third kappa shape index (κ3) is 3.16. The van der Waals surface area contributed by atoms with Crippen LogP contribution in [-0.4, -0.2) is 5.33 Å². The number of rotatable bonds is 4. The van der Waals surface area contributed by atoms with Crippen molar-refractivity contribution >= 4 is 39.1 Å². The Labute approximate surface area is 97.4 Å². The molecule has 0 aliphatic heterocycles. The van der Waals surface area contributed by atoms with Gasteiger partial charge < -0.3 is 0 Å². The number of alkyl halides is 2. The van der Waals surface area contributed by atoms with E-state index in [0.717, 1.165) is 28.8 Å². The van der Waals surface area contributed by atoms with Crippen molar-refractivity contribution in [3.63, 3.8) is 0 Å². The minimum absolute atomic E-state index is 0.540. The SMILES string of the molecule is ClCc1cccc(Cl)c1CCCBr. The number of hydrogen-bond donors (Lipinski definition) is 0. The van der Waals surface area contributed by atoms with Gasteiger partial charge in [0, 0.05) is 16.2 Å². The molecule has 0 saturated heterocycles. The lowest BCUT2D eigenvalue weighted by Crippen LogP contribution is -1.93. The van der Waals surface area contributed by atoms with Gasteiger partial charge in [0.1, 0.15) is 0 Å². The normalized spacial score (nSPS) is 10.4. The van der Waals surface area contributed by atoms with E-state index in [1.165, 1.54) is 5.56 Å². The summed E-state index contributed by atoms with van der Waals surface area (Å²) >= 11 is 15.3. The van der Waals surface area contributed by atoms with Crippen molar-refractivity contribution in [2.24, 2.45) is 0 Å². The van der Waals surface area contributed by atoms with Gasteiger partial charge in [-0.25, -0.2) is 0 Å². The highest BCUT2D eigenvalue weighted by Gasteiger charge is 2.04. The Balaban J connectivity index is 2.87. The minimum Gasteiger partial charge on any atom is -0.122 e. The Morgan fingerprint density at radius 1 is 1.31 bits per heavy atom. The molecule has 72 valence electrons. The summed E-state index contributed by atoms with van der Waals surface area (Å²) in [5, 5.41) is 1.83. The Bertz CT molecular complexity index is 274. The molecule has 0 atom stereocenters. The Kier molecular flexibility index (Phi) is 5.15. The van der Waals surface area contributed by atoms with Crippen LogP contribution in [0.4, 0.5) is 0 Å². The van der Waals surface area contributed by atoms with Crippen LogP contribution >= 0.6 is 39.1 Å². The molecule has 0 heterocycles. The summed E-state index contributed by atoms with van der Waals surface area (Å²) in [6.07, 6.45) is 2.08. The Hall–Kier alpha value is 0.280. The van der Waals surface area contributed by atoms with E-state index < -0.39 is 0 Å². The van der Waals surface area contributed by atoms with Gasteiger partial charge in [0.2, 0.25) is 0 Å². The molecular formula is C10H11BrCl2. The van der Waals surface area contributed by atoms with Crippen LogP contribution in [0.5, 0.6) is 0 Å². The summed E-state index contributed by atoms with van der Waals surface area (Å²) in [5.74, 6) is 0.540. The van der Waals surface area contributed by atoms with E-state index in [9.17, 15) is 0 Å². The molecule has 13 heavy (non-hydrogen) atoms. The minimum atomic E-state index is 0.540. The van der Waals surface area contributed by atoms with Gasteiger partial charge in [-0.1, -0.05) is 39.7 Å². The zero-order valence-corrected chi connectivity index (χ0v) is 10.3. The van der Waals surface area contributed by atoms with E-state index >= 15 is 0 Å². The van der Waals surface area contributed by atoms with Crippen molar-refractivity contribution in [1.29, 1.82) is 0 Å². The van der Waals surface area contributed by atoms with Crippen molar-refractivity contribution in [2.75, 3.05) is 5.33 Å². The van der Waals surface area contributed by atoms with Crippen LogP contribution in [0.25, 0.3) is 0 Å². The van der Waals surface area contributed by atoms with Gasteiger partial charge in [0.05, 0.1) is 0 Å². The second-order valence-electron chi connectivity index (χ2n) is 2.80. The van der Waals surface area contributed by atoms with Crippen molar-refractivity contribution in [3.8, 4) is 0 Å². The molecule has 0 aliphatic carbocycles. The molecule has 0 unspecified atom stereocenters. The van der Waals surface area contributed by atoms with Crippen LogP contribution in [0.15, 0.2) is 18.2 Å². The molecule has 0 aliphatic rings. The second kappa shape index (κ2) is 5.90. The Morgan fingerprint density at radius 3 is 2.69 bits per heavy atom. The molecule has 1 aromatic carbocycles. The highest BCUT2D eigenvalue weighted by molar-refractivity contribution is 9.09. The first-order valence-electron chi connectivity index (χ1n) is 4.17. The first kappa shape index (κ1) is 11.4. The summed E-state index contributed by atoms with van der Waals surface area (Å²) in [4.78, 5) is 0. The molecule has 1 rings (SSSR count). The summed E-state index contributed by atoms with van der Waals surface area (Å²) < 4.78 is 0. The molecule has 0 bridgehead atoms. The molecule has 0 spiro atoms. The summed E-state index contributed by atoms with van der Waals surface area (Å²) in [6, 6.07) is 5.89. The third-order valence-electron chi connectivity index (χ3n) is 1.92. The molecule has 1 aromatic rings. The van der Waals surface area contributed by atoms with Gasteiger partial charge in [-0.15, -0.1) is 11.6 Å². The maximum absolute atomic E-state index is 6.07. The van der Waals surface area contributed by atoms with E-state index in [1.54, 1.807) is 0 Å². The number of halogens is 3. The predicted molar refractivity (Wildman–Crippen MR) is 63.1 cm³/mol. The predicted octanol–water partition coefficient (Wildman–Crippen LogP) is 4.41. The van der Waals surface area contributed by atoms with Gasteiger partial charge in [-0.2, -0.15) is 0 Å². The van der Waals surface area contributed by atoms with E-state index in [4.69, 9.17) is 23.2 Å². The standard InChI is InChI=1S/C10H11BrCl2/c11-6-2-4-9-8(7-12)3-1-5-10(9)13/h1,3,5H,2,4,6-7H2. The van der Waals surface area contributed by atoms with Gasteiger partial charge in [0.15, 0.2) is 0 Å². The molecule has 0 nitrogen and oxygen atoms in total. The van der Waals surface area contributed by atoms with E-state index in [-0.39, 0.29) is 0 Å². The first-order valence-corrected chi connectivity index (χ1v) is 6.21. The smallest absolute Gasteiger partial charge is 0.0477 e. The molecule has 0 radical (unpaired) electrons. The lowest BCUT2D eigenvalue weighted by molar-refractivity contribution is 0.927.